The Morgan fingerprint density at radius 3 is 2.17 bits per heavy atom. The zero-order chi connectivity index (χ0) is 23.3. The Kier molecular flexibility index (Phi) is 13.7. The van der Waals surface area contributed by atoms with E-state index in [-0.39, 0.29) is 5.41 Å². The van der Waals surface area contributed by atoms with Crippen molar-refractivity contribution in [1.82, 2.24) is 5.32 Å². The lowest BCUT2D eigenvalue weighted by Gasteiger charge is -2.48. The number of hydrogen-bond donors (Lipinski definition) is 2. The third-order valence-corrected chi connectivity index (χ3v) is 6.42. The van der Waals surface area contributed by atoms with Crippen LogP contribution in [-0.4, -0.2) is 33.4 Å². The average Bonchev–Trinajstić information content (AvgIpc) is 3.06. The lowest BCUT2D eigenvalue weighted by atomic mass is 9.55. The highest BCUT2D eigenvalue weighted by Crippen LogP contribution is 2.59. The highest BCUT2D eigenvalue weighted by Gasteiger charge is 2.54. The van der Waals surface area contributed by atoms with Gasteiger partial charge in [0.15, 0.2) is 0 Å². The van der Waals surface area contributed by atoms with Crippen LogP contribution in [0.5, 0.6) is 5.75 Å². The van der Waals surface area contributed by atoms with E-state index in [1.54, 1.807) is 0 Å². The van der Waals surface area contributed by atoms with Gasteiger partial charge in [-0.1, -0.05) is 40.7 Å². The largest absolute Gasteiger partial charge is 0.508 e. The highest BCUT2D eigenvalue weighted by molar-refractivity contribution is 7.51. The first-order chi connectivity index (χ1) is 14.4. The normalized spacial score (nSPS) is 27.4. The summed E-state index contributed by atoms with van der Waals surface area (Å²) in [6.07, 6.45) is 6.34. The number of aromatic hydroxyl groups is 1. The maximum atomic E-state index is 12.3. The second-order valence-electron chi connectivity index (χ2n) is 7.78. The van der Waals surface area contributed by atoms with Crippen molar-refractivity contribution in [3.05, 3.63) is 29.3 Å². The number of phenolic OH excluding ortho intramolecular Hbond substituents is 1. The van der Waals surface area contributed by atoms with Crippen molar-refractivity contribution in [3.8, 4) is 5.75 Å². The molecule has 0 spiro atoms. The Morgan fingerprint density at radius 2 is 1.60 bits per heavy atom. The number of phenols is 1. The molecule has 1 aromatic carbocycles. The van der Waals surface area contributed by atoms with Crippen molar-refractivity contribution < 1.29 is 18.3 Å². The molecule has 172 valence electrons. The third kappa shape index (κ3) is 6.48. The maximum absolute atomic E-state index is 12.3. The molecule has 0 radical (unpaired) electrons. The van der Waals surface area contributed by atoms with Crippen LogP contribution in [0.4, 0.5) is 0 Å². The van der Waals surface area contributed by atoms with Gasteiger partial charge in [0.2, 0.25) is 0 Å². The molecule has 0 aromatic heterocycles. The molecule has 0 bridgehead atoms. The molecule has 4 rings (SSSR count). The van der Waals surface area contributed by atoms with E-state index in [9.17, 15) is 9.90 Å². The van der Waals surface area contributed by atoms with E-state index >= 15 is 0 Å². The van der Waals surface area contributed by atoms with Crippen LogP contribution >= 0.6 is 0 Å². The number of nitrogens with one attached hydrogen (secondary N) is 1. The van der Waals surface area contributed by atoms with Crippen LogP contribution in [-0.2, 0) is 22.8 Å². The van der Waals surface area contributed by atoms with E-state index in [4.69, 9.17) is 8.42 Å². The second-order valence-corrected chi connectivity index (χ2v) is 7.92. The molecule has 0 aliphatic heterocycles. The fourth-order valence-electron chi connectivity index (χ4n) is 5.34. The zero-order valence-electron chi connectivity index (χ0n) is 19.8. The quantitative estimate of drug-likeness (QED) is 0.592. The molecule has 3 aliphatic rings. The summed E-state index contributed by atoms with van der Waals surface area (Å²) in [4.78, 5) is 12.3. The van der Waals surface area contributed by atoms with Gasteiger partial charge in [-0.25, -0.2) is 0 Å². The first-order valence-electron chi connectivity index (χ1n) is 11.3. The Labute approximate surface area is 186 Å². The molecule has 2 fully saturated rings. The molecule has 30 heavy (non-hydrogen) atoms. The summed E-state index contributed by atoms with van der Waals surface area (Å²) < 4.78 is 16.6. The number of benzene rings is 1. The number of hydrogen-bond acceptors (Lipinski definition) is 5. The molecule has 0 heterocycles. The number of rotatable bonds is 0. The number of carbonyl (C=O) groups is 1. The van der Waals surface area contributed by atoms with Gasteiger partial charge in [-0.3, -0.25) is 4.79 Å². The summed E-state index contributed by atoms with van der Waals surface area (Å²) in [5.74, 6) is 2.78. The van der Waals surface area contributed by atoms with Gasteiger partial charge in [0.1, 0.15) is 11.5 Å². The molecule has 1 aromatic rings. The number of carbonyl (C=O) groups excluding carboxylic acids is 1. The molecule has 0 amide bonds. The monoisotopic (exact) mass is 439 g/mol. The summed E-state index contributed by atoms with van der Waals surface area (Å²) in [7, 11) is 3.75. The van der Waals surface area contributed by atoms with E-state index in [1.165, 1.54) is 17.5 Å². The van der Waals surface area contributed by atoms with Crippen molar-refractivity contribution in [2.24, 2.45) is 17.3 Å². The van der Waals surface area contributed by atoms with E-state index < -0.39 is 11.6 Å². The second kappa shape index (κ2) is 14.5. The molecule has 2 N–H and O–H groups in total. The first kappa shape index (κ1) is 28.5. The van der Waals surface area contributed by atoms with Crippen molar-refractivity contribution in [3.63, 3.8) is 0 Å². The standard InChI is InChI=1S/C18H22O2.C2H7N.2C2H6.O2S/c1-18-9-8-14-13-5-3-12(19)10-11(13)2-4-15(14)16(18)6-7-17(18)20;1-3-2;2*1-2;1-3-2/h3,5,10,14-16,19H,2,4,6-9H2,1H3;3H,1-2H3;2*1-2H3;. The molecule has 0 saturated heterocycles. The van der Waals surface area contributed by atoms with Gasteiger partial charge in [-0.15, -0.1) is 0 Å². The van der Waals surface area contributed by atoms with Crippen LogP contribution in [0.2, 0.25) is 0 Å². The minimum Gasteiger partial charge on any atom is -0.508 e. The Balaban J connectivity index is 0.000000731. The SMILES string of the molecule is CC.CC.CC12CCC3c4ccc(O)cc4CCC3C1CCC2=O.CNC.O=S=O. The summed E-state index contributed by atoms with van der Waals surface area (Å²) in [5.41, 5.74) is 2.75. The fourth-order valence-corrected chi connectivity index (χ4v) is 5.34. The van der Waals surface area contributed by atoms with Crippen LogP contribution in [0.15, 0.2) is 18.2 Å². The number of aryl methyl sites for hydroxylation is 1. The molecular weight excluding hydrogens is 398 g/mol. The van der Waals surface area contributed by atoms with Crippen LogP contribution in [0.25, 0.3) is 0 Å². The minimum absolute atomic E-state index is 0.0322. The summed E-state index contributed by atoms with van der Waals surface area (Å²) in [5, 5.41) is 12.4. The van der Waals surface area contributed by atoms with E-state index in [1.807, 2.05) is 53.9 Å². The van der Waals surface area contributed by atoms with Gasteiger partial charge in [0.05, 0.1) is 0 Å². The summed E-state index contributed by atoms with van der Waals surface area (Å²) in [6, 6.07) is 5.90. The van der Waals surface area contributed by atoms with Gasteiger partial charge < -0.3 is 10.4 Å². The minimum atomic E-state index is -0.750. The first-order valence-corrected chi connectivity index (χ1v) is 11.9. The van der Waals surface area contributed by atoms with Crippen LogP contribution < -0.4 is 5.32 Å². The van der Waals surface area contributed by atoms with E-state index in [2.05, 4.69) is 18.3 Å². The lowest BCUT2D eigenvalue weighted by molar-refractivity contribution is -0.129. The van der Waals surface area contributed by atoms with Crippen molar-refractivity contribution in [2.75, 3.05) is 14.1 Å². The van der Waals surface area contributed by atoms with Gasteiger partial charge in [0.25, 0.3) is 0 Å². The van der Waals surface area contributed by atoms with Crippen LogP contribution in [0.3, 0.4) is 0 Å². The predicted octanol–water partition coefficient (Wildman–Crippen LogP) is 5.04. The molecule has 4 unspecified atom stereocenters. The number of Topliss-reactive ketones (excluding diaryl/α,β-unsaturated/α-hetero) is 1. The Morgan fingerprint density at radius 1 is 1.03 bits per heavy atom. The fraction of sp³-hybridized carbons (Fsp3) is 0.708. The van der Waals surface area contributed by atoms with E-state index in [0.29, 0.717) is 29.3 Å². The smallest absolute Gasteiger partial charge is 0.335 e. The van der Waals surface area contributed by atoms with Crippen molar-refractivity contribution in [1.29, 1.82) is 0 Å². The Hall–Kier alpha value is -1.53. The van der Waals surface area contributed by atoms with Crippen LogP contribution in [0, 0.1) is 17.3 Å². The number of fused-ring (bicyclic) bond motifs is 5. The molecule has 4 atom stereocenters. The third-order valence-electron chi connectivity index (χ3n) is 6.42. The number of ketones is 1. The van der Waals surface area contributed by atoms with Gasteiger partial charge in [-0.2, -0.15) is 8.42 Å². The van der Waals surface area contributed by atoms with E-state index in [0.717, 1.165) is 32.1 Å². The topological polar surface area (TPSA) is 83.5 Å². The van der Waals surface area contributed by atoms with Gasteiger partial charge in [0, 0.05) is 11.8 Å². The average molecular weight is 440 g/mol. The predicted molar refractivity (Wildman–Crippen MR) is 124 cm³/mol. The zero-order valence-corrected chi connectivity index (χ0v) is 20.6. The molecule has 2 saturated carbocycles. The van der Waals surface area contributed by atoms with Crippen molar-refractivity contribution >= 4 is 17.4 Å². The maximum Gasteiger partial charge on any atom is 0.335 e. The van der Waals surface area contributed by atoms with Gasteiger partial charge in [-0.05, 0) is 87.2 Å². The molecular formula is C24H41NO4S. The summed E-state index contributed by atoms with van der Waals surface area (Å²) in [6.45, 7) is 10.2. The lowest BCUT2D eigenvalue weighted by Crippen LogP contribution is -2.42. The Bertz CT molecular complexity index is 688. The highest BCUT2D eigenvalue weighted by atomic mass is 32.1. The molecule has 6 heteroatoms. The molecule has 3 aliphatic carbocycles. The molecule has 5 nitrogen and oxygen atoms in total. The summed E-state index contributed by atoms with van der Waals surface area (Å²) >= 11 is -0.750. The van der Waals surface area contributed by atoms with Crippen molar-refractivity contribution in [2.45, 2.75) is 79.1 Å². The van der Waals surface area contributed by atoms with Gasteiger partial charge >= 0.3 is 11.6 Å². The van der Waals surface area contributed by atoms with Crippen LogP contribution in [0.1, 0.15) is 83.8 Å².